The zero-order chi connectivity index (χ0) is 21.6. The number of nitrogens with zero attached hydrogens (tertiary/aromatic N) is 3. The first-order chi connectivity index (χ1) is 14.3. The van der Waals surface area contributed by atoms with Crippen molar-refractivity contribution in [2.45, 2.75) is 0 Å². The van der Waals surface area contributed by atoms with E-state index in [0.717, 1.165) is 0 Å². The van der Waals surface area contributed by atoms with Gasteiger partial charge in [0.1, 0.15) is 7.05 Å². The van der Waals surface area contributed by atoms with Crippen molar-refractivity contribution >= 4 is 39.0 Å². The van der Waals surface area contributed by atoms with Crippen molar-refractivity contribution in [2.24, 2.45) is 7.05 Å². The van der Waals surface area contributed by atoms with Crippen LogP contribution in [0.2, 0.25) is 0 Å². The molecule has 1 N–H and O–H groups in total. The largest absolute Gasteiger partial charge is 1.00 e. The molecule has 10 heteroatoms. The molecule has 0 spiro atoms. The van der Waals surface area contributed by atoms with Crippen LogP contribution in [0, 0.1) is 20.2 Å². The van der Waals surface area contributed by atoms with E-state index in [0.29, 0.717) is 32.9 Å². The van der Waals surface area contributed by atoms with Crippen molar-refractivity contribution in [1.82, 2.24) is 0 Å². The average Bonchev–Trinajstić information content (AvgIpc) is 2.73. The number of fused-ring (bicyclic) bond motifs is 3. The summed E-state index contributed by atoms with van der Waals surface area (Å²) in [4.78, 5) is 33.1. The van der Waals surface area contributed by atoms with Crippen molar-refractivity contribution in [2.75, 3.05) is 0 Å². The second-order valence-corrected chi connectivity index (χ2v) is 6.74. The number of nitro benzene ring substituents is 2. The molecule has 31 heavy (non-hydrogen) atoms. The number of aromatic carboxylic acids is 1. The van der Waals surface area contributed by atoms with Crippen LogP contribution in [0.15, 0.2) is 60.7 Å². The number of benzene rings is 3. The molecular weight excluding hydrogens is 426 g/mol. The maximum Gasteiger partial charge on any atom is 0.335 e. The summed E-state index contributed by atoms with van der Waals surface area (Å²) in [5, 5.41) is 33.9. The Kier molecular flexibility index (Phi) is 5.54. The molecule has 0 aliphatic heterocycles. The van der Waals surface area contributed by atoms with Crippen LogP contribution in [-0.2, 0) is 7.05 Å². The quantitative estimate of drug-likeness (QED) is 0.219. The molecule has 3 aromatic carbocycles. The van der Waals surface area contributed by atoms with Crippen LogP contribution in [0.5, 0.6) is 0 Å². The molecule has 0 radical (unpaired) electrons. The monoisotopic (exact) mass is 439 g/mol. The summed E-state index contributed by atoms with van der Waals surface area (Å²) in [6.45, 7) is 0. The van der Waals surface area contributed by atoms with Crippen LogP contribution in [0.1, 0.15) is 10.4 Å². The van der Waals surface area contributed by atoms with Gasteiger partial charge in [-0.25, -0.2) is 4.79 Å². The molecule has 0 saturated carbocycles. The Morgan fingerprint density at radius 2 is 1.48 bits per heavy atom. The molecule has 0 amide bonds. The zero-order valence-electron chi connectivity index (χ0n) is 16.0. The number of rotatable bonds is 4. The molecule has 0 saturated heterocycles. The number of carboxylic acids is 1. The maximum absolute atomic E-state index is 11.4. The third-order valence-corrected chi connectivity index (χ3v) is 5.03. The lowest BCUT2D eigenvalue weighted by Crippen LogP contribution is -3.00. The van der Waals surface area contributed by atoms with Crippen LogP contribution in [0.4, 0.5) is 11.4 Å². The number of hydrogen-bond donors (Lipinski definition) is 1. The van der Waals surface area contributed by atoms with Gasteiger partial charge >= 0.3 is 5.97 Å². The summed E-state index contributed by atoms with van der Waals surface area (Å²) in [5.74, 6) is -1.11. The van der Waals surface area contributed by atoms with Gasteiger partial charge in [0.05, 0.1) is 32.2 Å². The molecule has 4 rings (SSSR count). The summed E-state index contributed by atoms with van der Waals surface area (Å²) in [6, 6.07) is 15.0. The fourth-order valence-electron chi connectivity index (χ4n) is 3.67. The van der Waals surface area contributed by atoms with Gasteiger partial charge in [0.2, 0.25) is 11.2 Å². The van der Waals surface area contributed by atoms with Gasteiger partial charge in [-0.1, -0.05) is 6.07 Å². The highest BCUT2D eigenvalue weighted by Gasteiger charge is 2.25. The second-order valence-electron chi connectivity index (χ2n) is 6.74. The van der Waals surface area contributed by atoms with E-state index in [9.17, 15) is 30.1 Å². The lowest BCUT2D eigenvalue weighted by molar-refractivity contribution is -0.632. The number of non-ortho nitro benzene ring substituents is 2. The van der Waals surface area contributed by atoms with Crippen molar-refractivity contribution in [3.8, 4) is 11.3 Å². The van der Waals surface area contributed by atoms with E-state index in [1.165, 1.54) is 36.4 Å². The van der Waals surface area contributed by atoms with Gasteiger partial charge in [-0.05, 0) is 30.3 Å². The van der Waals surface area contributed by atoms with E-state index >= 15 is 0 Å². The number of aryl methyl sites for hydroxylation is 1. The zero-order valence-corrected chi connectivity index (χ0v) is 16.7. The molecule has 4 aromatic rings. The maximum atomic E-state index is 11.4. The third-order valence-electron chi connectivity index (χ3n) is 5.03. The van der Waals surface area contributed by atoms with Gasteiger partial charge < -0.3 is 17.5 Å². The lowest BCUT2D eigenvalue weighted by Gasteiger charge is -2.10. The Balaban J connectivity index is 0.00000272. The lowest BCUT2D eigenvalue weighted by atomic mass is 9.97. The molecular formula is C21H14ClN3O6. The van der Waals surface area contributed by atoms with Crippen molar-refractivity contribution in [1.29, 1.82) is 0 Å². The average molecular weight is 440 g/mol. The SMILES string of the molecule is C[n+]1c(-c2cccc(C(=O)O)c2)c2cc([N+](=O)[O-])ccc2c2ccc([N+](=O)[O-])cc21.[Cl-]. The van der Waals surface area contributed by atoms with E-state index in [4.69, 9.17) is 0 Å². The highest BCUT2D eigenvalue weighted by Crippen LogP contribution is 2.34. The molecule has 0 aliphatic rings. The Bertz CT molecular complexity index is 1400. The smallest absolute Gasteiger partial charge is 0.335 e. The summed E-state index contributed by atoms with van der Waals surface area (Å²) in [5.41, 5.74) is 1.44. The van der Waals surface area contributed by atoms with E-state index < -0.39 is 15.8 Å². The van der Waals surface area contributed by atoms with E-state index in [-0.39, 0.29) is 29.3 Å². The van der Waals surface area contributed by atoms with Gasteiger partial charge in [-0.3, -0.25) is 20.2 Å². The molecule has 156 valence electrons. The van der Waals surface area contributed by atoms with Crippen molar-refractivity contribution in [3.05, 3.63) is 86.5 Å². The fraction of sp³-hybridized carbons (Fsp3) is 0.0476. The predicted octanol–water partition coefficient (Wildman–Crippen LogP) is 1.00. The van der Waals surface area contributed by atoms with Crippen LogP contribution in [0.25, 0.3) is 32.9 Å². The fourth-order valence-corrected chi connectivity index (χ4v) is 3.67. The Labute approximate surface area is 180 Å². The summed E-state index contributed by atoms with van der Waals surface area (Å²) < 4.78 is 1.69. The van der Waals surface area contributed by atoms with Crippen LogP contribution >= 0.6 is 0 Å². The van der Waals surface area contributed by atoms with Gasteiger partial charge in [0, 0.05) is 29.1 Å². The van der Waals surface area contributed by atoms with E-state index in [2.05, 4.69) is 0 Å². The molecule has 1 heterocycles. The molecule has 0 fully saturated rings. The third kappa shape index (κ3) is 3.62. The Morgan fingerprint density at radius 1 is 0.871 bits per heavy atom. The number of pyridine rings is 1. The molecule has 0 bridgehead atoms. The first-order valence-corrected chi connectivity index (χ1v) is 8.80. The van der Waals surface area contributed by atoms with Gasteiger partial charge in [-0.2, -0.15) is 4.57 Å². The van der Waals surface area contributed by atoms with Crippen molar-refractivity contribution in [3.63, 3.8) is 0 Å². The molecule has 0 atom stereocenters. The van der Waals surface area contributed by atoms with E-state index in [1.807, 2.05) is 0 Å². The van der Waals surface area contributed by atoms with Crippen molar-refractivity contribution < 1.29 is 36.7 Å². The molecule has 1 aromatic heterocycles. The predicted molar refractivity (Wildman–Crippen MR) is 108 cm³/mol. The first kappa shape index (κ1) is 21.6. The van der Waals surface area contributed by atoms with Crippen LogP contribution in [0.3, 0.4) is 0 Å². The topological polar surface area (TPSA) is 127 Å². The number of carbonyl (C=O) groups is 1. The minimum Gasteiger partial charge on any atom is -1.00 e. The van der Waals surface area contributed by atoms with Crippen LogP contribution in [-0.4, -0.2) is 20.9 Å². The van der Waals surface area contributed by atoms with Gasteiger partial charge in [0.15, 0.2) is 0 Å². The minimum absolute atomic E-state index is 0. The second kappa shape index (κ2) is 7.96. The standard InChI is InChI=1S/C21H13N3O6.ClH/c1-22-19-11-15(24(29)30)6-8-17(19)16-7-5-14(23(27)28)10-18(16)20(22)12-3-2-4-13(9-12)21(25)26;/h2-11H,1H3;1H. The highest BCUT2D eigenvalue weighted by atomic mass is 35.5. The normalized spacial score (nSPS) is 10.6. The van der Waals surface area contributed by atoms with Gasteiger partial charge in [0.25, 0.3) is 11.4 Å². The number of aromatic nitrogens is 1. The summed E-state index contributed by atoms with van der Waals surface area (Å²) >= 11 is 0. The molecule has 0 unspecified atom stereocenters. The number of hydrogen-bond acceptors (Lipinski definition) is 5. The molecule has 9 nitrogen and oxygen atoms in total. The summed E-state index contributed by atoms with van der Waals surface area (Å²) in [7, 11) is 1.69. The Morgan fingerprint density at radius 3 is 2.10 bits per heavy atom. The minimum atomic E-state index is -1.11. The molecule has 0 aliphatic carbocycles. The van der Waals surface area contributed by atoms with E-state index in [1.54, 1.807) is 35.9 Å². The number of nitro groups is 2. The highest BCUT2D eigenvalue weighted by molar-refractivity contribution is 6.10. The number of halogens is 1. The number of carboxylic acid groups (broad SMARTS) is 1. The van der Waals surface area contributed by atoms with Crippen LogP contribution < -0.4 is 17.0 Å². The van der Waals surface area contributed by atoms with Gasteiger partial charge in [-0.15, -0.1) is 0 Å². The first-order valence-electron chi connectivity index (χ1n) is 8.80. The Hall–Kier alpha value is -4.11. The summed E-state index contributed by atoms with van der Waals surface area (Å²) in [6.07, 6.45) is 0.